The number of hydrogen-bond donors (Lipinski definition) is 0. The fourth-order valence-corrected chi connectivity index (χ4v) is 3.12. The molecule has 4 nitrogen and oxygen atoms in total. The Balaban J connectivity index is 2.40. The average molecular weight is 342 g/mol. The maximum Gasteiger partial charge on any atom is 0.271 e. The molecule has 0 spiro atoms. The highest BCUT2D eigenvalue weighted by Gasteiger charge is 2.18. The van der Waals surface area contributed by atoms with Gasteiger partial charge in [-0.2, -0.15) is 0 Å². The van der Waals surface area contributed by atoms with Crippen molar-refractivity contribution in [3.63, 3.8) is 0 Å². The van der Waals surface area contributed by atoms with Crippen LogP contribution in [-0.2, 0) is 13.6 Å². The van der Waals surface area contributed by atoms with Gasteiger partial charge in [-0.15, -0.1) is 23.2 Å². The minimum Gasteiger partial charge on any atom is -0.296 e. The van der Waals surface area contributed by atoms with Crippen LogP contribution in [0.15, 0.2) is 35.1 Å². The van der Waals surface area contributed by atoms with Gasteiger partial charge in [-0.3, -0.25) is 14.4 Å². The molecule has 0 N–H and O–H groups in total. The molecule has 0 bridgehead atoms. The SMILES string of the molecule is Cc1c(CN(CCCl)CCCl)c(=O)n(C)n1-c1ccccc1. The highest BCUT2D eigenvalue weighted by Crippen LogP contribution is 2.14. The van der Waals surface area contributed by atoms with Gasteiger partial charge < -0.3 is 0 Å². The van der Waals surface area contributed by atoms with Crippen LogP contribution >= 0.6 is 23.2 Å². The maximum absolute atomic E-state index is 12.6. The van der Waals surface area contributed by atoms with Crippen LogP contribution < -0.4 is 5.56 Å². The summed E-state index contributed by atoms with van der Waals surface area (Å²) in [6.45, 7) is 3.97. The summed E-state index contributed by atoms with van der Waals surface area (Å²) in [6.07, 6.45) is 0. The number of nitrogens with zero attached hydrogens (tertiary/aromatic N) is 3. The molecule has 120 valence electrons. The third-order valence-corrected chi connectivity index (χ3v) is 4.13. The smallest absolute Gasteiger partial charge is 0.271 e. The molecule has 0 amide bonds. The summed E-state index contributed by atoms with van der Waals surface area (Å²) >= 11 is 11.7. The molecule has 0 aliphatic carbocycles. The van der Waals surface area contributed by atoms with E-state index in [1.165, 1.54) is 0 Å². The lowest BCUT2D eigenvalue weighted by Crippen LogP contribution is -2.30. The van der Waals surface area contributed by atoms with Crippen LogP contribution in [0.1, 0.15) is 11.3 Å². The number of alkyl halides is 2. The number of aromatic nitrogens is 2. The van der Waals surface area contributed by atoms with Gasteiger partial charge in [0.2, 0.25) is 0 Å². The zero-order valence-electron chi connectivity index (χ0n) is 12.9. The lowest BCUT2D eigenvalue weighted by atomic mass is 10.2. The molecule has 0 saturated carbocycles. The third-order valence-electron chi connectivity index (χ3n) is 3.79. The van der Waals surface area contributed by atoms with Crippen LogP contribution in [0.2, 0.25) is 0 Å². The number of halogens is 2. The molecular formula is C16H21Cl2N3O. The first kappa shape index (κ1) is 17.1. The predicted octanol–water partition coefficient (Wildman–Crippen LogP) is 2.76. The van der Waals surface area contributed by atoms with Crippen molar-refractivity contribution in [2.24, 2.45) is 7.05 Å². The highest BCUT2D eigenvalue weighted by molar-refractivity contribution is 6.18. The van der Waals surface area contributed by atoms with Crippen molar-refractivity contribution in [3.8, 4) is 5.69 Å². The van der Waals surface area contributed by atoms with Gasteiger partial charge in [-0.25, -0.2) is 4.68 Å². The average Bonchev–Trinajstić information content (AvgIpc) is 2.72. The van der Waals surface area contributed by atoms with Crippen LogP contribution in [-0.4, -0.2) is 39.1 Å². The molecule has 22 heavy (non-hydrogen) atoms. The van der Waals surface area contributed by atoms with Crippen LogP contribution in [0.3, 0.4) is 0 Å². The van der Waals surface area contributed by atoms with Crippen molar-refractivity contribution >= 4 is 23.2 Å². The lowest BCUT2D eigenvalue weighted by Gasteiger charge is -2.19. The Morgan fingerprint density at radius 1 is 1.09 bits per heavy atom. The topological polar surface area (TPSA) is 30.2 Å². The van der Waals surface area contributed by atoms with Gasteiger partial charge in [0.15, 0.2) is 0 Å². The van der Waals surface area contributed by atoms with Crippen molar-refractivity contribution < 1.29 is 0 Å². The molecule has 0 saturated heterocycles. The second-order valence-electron chi connectivity index (χ2n) is 5.19. The van der Waals surface area contributed by atoms with E-state index in [9.17, 15) is 4.79 Å². The fraction of sp³-hybridized carbons (Fsp3) is 0.438. The summed E-state index contributed by atoms with van der Waals surface area (Å²) in [7, 11) is 1.79. The summed E-state index contributed by atoms with van der Waals surface area (Å²) in [4.78, 5) is 14.7. The van der Waals surface area contributed by atoms with Gasteiger partial charge in [-0.1, -0.05) is 18.2 Å². The second kappa shape index (κ2) is 7.86. The predicted molar refractivity (Wildman–Crippen MR) is 92.5 cm³/mol. The van der Waals surface area contributed by atoms with E-state index in [1.807, 2.05) is 41.9 Å². The Kier molecular flexibility index (Phi) is 6.12. The van der Waals surface area contributed by atoms with E-state index in [0.29, 0.717) is 31.4 Å². The van der Waals surface area contributed by atoms with Crippen LogP contribution in [0.25, 0.3) is 5.69 Å². The first-order chi connectivity index (χ1) is 10.6. The molecule has 0 radical (unpaired) electrons. The Morgan fingerprint density at radius 3 is 2.23 bits per heavy atom. The first-order valence-electron chi connectivity index (χ1n) is 7.27. The minimum atomic E-state index is 0.0236. The van der Waals surface area contributed by atoms with Crippen LogP contribution in [0.4, 0.5) is 0 Å². The Bertz CT molecular complexity index is 658. The minimum absolute atomic E-state index is 0.0236. The van der Waals surface area contributed by atoms with Crippen LogP contribution in [0, 0.1) is 6.92 Å². The molecular weight excluding hydrogens is 321 g/mol. The summed E-state index contributed by atoms with van der Waals surface area (Å²) in [5.41, 5.74) is 2.75. The van der Waals surface area contributed by atoms with Crippen molar-refractivity contribution in [2.75, 3.05) is 24.8 Å². The fourth-order valence-electron chi connectivity index (χ4n) is 2.64. The summed E-state index contributed by atoms with van der Waals surface area (Å²) < 4.78 is 3.59. The zero-order chi connectivity index (χ0) is 16.1. The molecule has 1 aromatic carbocycles. The molecule has 0 aliphatic heterocycles. The summed E-state index contributed by atoms with van der Waals surface area (Å²) in [6, 6.07) is 9.87. The van der Waals surface area contributed by atoms with E-state index in [4.69, 9.17) is 23.2 Å². The molecule has 6 heteroatoms. The lowest BCUT2D eigenvalue weighted by molar-refractivity contribution is 0.298. The van der Waals surface area contributed by atoms with Crippen molar-refractivity contribution in [2.45, 2.75) is 13.5 Å². The van der Waals surface area contributed by atoms with E-state index >= 15 is 0 Å². The molecule has 1 aromatic heterocycles. The monoisotopic (exact) mass is 341 g/mol. The Morgan fingerprint density at radius 2 is 1.68 bits per heavy atom. The largest absolute Gasteiger partial charge is 0.296 e. The van der Waals surface area contributed by atoms with Gasteiger partial charge in [0, 0.05) is 44.1 Å². The molecule has 0 unspecified atom stereocenters. The van der Waals surface area contributed by atoms with Gasteiger partial charge in [-0.05, 0) is 19.1 Å². The molecule has 1 heterocycles. The molecule has 0 aliphatic rings. The van der Waals surface area contributed by atoms with Gasteiger partial charge in [0.05, 0.1) is 11.3 Å². The van der Waals surface area contributed by atoms with Crippen molar-refractivity contribution in [1.82, 2.24) is 14.3 Å². The van der Waals surface area contributed by atoms with Crippen LogP contribution in [0.5, 0.6) is 0 Å². The maximum atomic E-state index is 12.6. The molecule has 2 aromatic rings. The van der Waals surface area contributed by atoms with E-state index in [0.717, 1.165) is 16.9 Å². The number of hydrogen-bond acceptors (Lipinski definition) is 2. The quantitative estimate of drug-likeness (QED) is 0.725. The third kappa shape index (κ3) is 3.57. The van der Waals surface area contributed by atoms with Gasteiger partial charge in [0.25, 0.3) is 5.56 Å². The first-order valence-corrected chi connectivity index (χ1v) is 8.34. The summed E-state index contributed by atoms with van der Waals surface area (Å²) in [5, 5.41) is 0. The number of rotatable bonds is 7. The summed E-state index contributed by atoms with van der Waals surface area (Å²) in [5.74, 6) is 1.05. The van der Waals surface area contributed by atoms with E-state index < -0.39 is 0 Å². The van der Waals surface area contributed by atoms with Crippen molar-refractivity contribution in [1.29, 1.82) is 0 Å². The van der Waals surface area contributed by atoms with E-state index in [2.05, 4.69) is 4.90 Å². The van der Waals surface area contributed by atoms with Gasteiger partial charge in [0.1, 0.15) is 0 Å². The molecule has 0 atom stereocenters. The second-order valence-corrected chi connectivity index (χ2v) is 5.95. The Hall–Kier alpha value is -1.23. The van der Waals surface area contributed by atoms with E-state index in [-0.39, 0.29) is 5.56 Å². The standard InChI is InChI=1S/C16H21Cl2N3O/c1-13-15(12-20(10-8-17)11-9-18)16(22)19(2)21(13)14-6-4-3-5-7-14/h3-7H,8-12H2,1-2H3. The molecule has 2 rings (SSSR count). The van der Waals surface area contributed by atoms with Crippen molar-refractivity contribution in [3.05, 3.63) is 51.9 Å². The number of benzene rings is 1. The normalized spacial score (nSPS) is 11.3. The Labute approximate surface area is 140 Å². The van der Waals surface area contributed by atoms with Gasteiger partial charge >= 0.3 is 0 Å². The zero-order valence-corrected chi connectivity index (χ0v) is 14.4. The molecule has 0 fully saturated rings. The highest BCUT2D eigenvalue weighted by atomic mass is 35.5. The number of para-hydroxylation sites is 1. The van der Waals surface area contributed by atoms with E-state index in [1.54, 1.807) is 11.7 Å².